The van der Waals surface area contributed by atoms with Gasteiger partial charge in [-0.2, -0.15) is 0 Å². The van der Waals surface area contributed by atoms with Crippen molar-refractivity contribution in [2.75, 3.05) is 0 Å². The van der Waals surface area contributed by atoms with Crippen LogP contribution in [0, 0.1) is 10.1 Å². The summed E-state index contributed by atoms with van der Waals surface area (Å²) < 4.78 is 6.24. The summed E-state index contributed by atoms with van der Waals surface area (Å²) in [4.78, 5) is 13.8. The van der Waals surface area contributed by atoms with Gasteiger partial charge in [0.15, 0.2) is 0 Å². The van der Waals surface area contributed by atoms with Gasteiger partial charge in [-0.3, -0.25) is 10.1 Å². The van der Waals surface area contributed by atoms with E-state index < -0.39 is 4.92 Å². The minimum atomic E-state index is -0.525. The molecule has 0 aliphatic carbocycles. The number of benzene rings is 1. The van der Waals surface area contributed by atoms with Gasteiger partial charge in [-0.25, -0.2) is 4.98 Å². The van der Waals surface area contributed by atoms with Gasteiger partial charge in [0.25, 0.3) is 5.69 Å². The number of hydrogen-bond donors (Lipinski definition) is 0. The number of hydrogen-bond acceptors (Lipinski definition) is 4. The van der Waals surface area contributed by atoms with E-state index in [4.69, 9.17) is 16.3 Å². The number of ether oxygens (including phenoxy) is 1. The van der Waals surface area contributed by atoms with Crippen molar-refractivity contribution < 1.29 is 9.66 Å². The van der Waals surface area contributed by atoms with Gasteiger partial charge < -0.3 is 4.74 Å². The maximum absolute atomic E-state index is 10.5. The molecule has 1 heterocycles. The Balaban J connectivity index is 2.23. The molecule has 0 saturated carbocycles. The lowest BCUT2D eigenvalue weighted by Crippen LogP contribution is -1.92. The van der Waals surface area contributed by atoms with Crippen molar-refractivity contribution in [3.8, 4) is 11.6 Å². The third kappa shape index (κ3) is 2.96. The SMILES string of the molecule is O=[N+]([O-])c1ccc(Oc2cc(Br)ccc2Cl)nc1. The zero-order chi connectivity index (χ0) is 13.1. The summed E-state index contributed by atoms with van der Waals surface area (Å²) in [5.41, 5.74) is -0.0947. The zero-order valence-corrected chi connectivity index (χ0v) is 11.2. The molecule has 0 spiro atoms. The highest BCUT2D eigenvalue weighted by Crippen LogP contribution is 2.31. The molecule has 0 aliphatic rings. The minimum Gasteiger partial charge on any atom is -0.437 e. The first-order chi connectivity index (χ1) is 8.56. The van der Waals surface area contributed by atoms with Crippen LogP contribution in [0.25, 0.3) is 0 Å². The fourth-order valence-electron chi connectivity index (χ4n) is 1.21. The zero-order valence-electron chi connectivity index (χ0n) is 8.84. The molecule has 18 heavy (non-hydrogen) atoms. The van der Waals surface area contributed by atoms with Crippen LogP contribution in [-0.4, -0.2) is 9.91 Å². The van der Waals surface area contributed by atoms with E-state index >= 15 is 0 Å². The fourth-order valence-corrected chi connectivity index (χ4v) is 1.71. The quantitative estimate of drug-likeness (QED) is 0.625. The van der Waals surface area contributed by atoms with E-state index in [1.807, 2.05) is 0 Å². The molecule has 2 aromatic rings. The summed E-state index contributed by atoms with van der Waals surface area (Å²) in [5, 5.41) is 10.9. The molecular formula is C11H6BrClN2O3. The Hall–Kier alpha value is -1.66. The minimum absolute atomic E-state index is 0.0947. The van der Waals surface area contributed by atoms with Gasteiger partial charge in [0.1, 0.15) is 11.9 Å². The van der Waals surface area contributed by atoms with Crippen LogP contribution in [-0.2, 0) is 0 Å². The summed E-state index contributed by atoms with van der Waals surface area (Å²) in [5.74, 6) is 0.660. The number of aromatic nitrogens is 1. The van der Waals surface area contributed by atoms with Crippen molar-refractivity contribution in [3.05, 3.63) is 56.1 Å². The summed E-state index contributed by atoms with van der Waals surface area (Å²) in [7, 11) is 0. The average molecular weight is 330 g/mol. The lowest BCUT2D eigenvalue weighted by atomic mass is 10.3. The predicted octanol–water partition coefficient (Wildman–Crippen LogP) is 4.20. The summed E-state index contributed by atoms with van der Waals surface area (Å²) >= 11 is 9.24. The lowest BCUT2D eigenvalue weighted by Gasteiger charge is -2.06. The number of pyridine rings is 1. The Morgan fingerprint density at radius 2 is 2.11 bits per heavy atom. The van der Waals surface area contributed by atoms with Crippen molar-refractivity contribution in [2.24, 2.45) is 0 Å². The second-order valence-electron chi connectivity index (χ2n) is 3.29. The Morgan fingerprint density at radius 1 is 1.33 bits per heavy atom. The normalized spacial score (nSPS) is 10.1. The number of nitrogens with zero attached hydrogens (tertiary/aromatic N) is 2. The first kappa shape index (κ1) is 12.8. The second kappa shape index (κ2) is 5.32. The summed E-state index contributed by atoms with van der Waals surface area (Å²) in [6, 6.07) is 7.86. The highest BCUT2D eigenvalue weighted by Gasteiger charge is 2.08. The van der Waals surface area contributed by atoms with Crippen LogP contribution < -0.4 is 4.74 Å². The van der Waals surface area contributed by atoms with Gasteiger partial charge in [-0.1, -0.05) is 27.5 Å². The van der Waals surface area contributed by atoms with Crippen molar-refractivity contribution >= 4 is 33.2 Å². The van der Waals surface area contributed by atoms with Gasteiger partial charge in [-0.15, -0.1) is 0 Å². The molecule has 0 fully saturated rings. The number of halogens is 2. The number of rotatable bonds is 3. The highest BCUT2D eigenvalue weighted by molar-refractivity contribution is 9.10. The van der Waals surface area contributed by atoms with E-state index in [2.05, 4.69) is 20.9 Å². The topological polar surface area (TPSA) is 65.3 Å². The Bertz CT molecular complexity index is 589. The molecule has 0 amide bonds. The van der Waals surface area contributed by atoms with Crippen molar-refractivity contribution in [1.82, 2.24) is 4.98 Å². The van der Waals surface area contributed by atoms with Gasteiger partial charge >= 0.3 is 0 Å². The van der Waals surface area contributed by atoms with E-state index in [0.717, 1.165) is 10.7 Å². The summed E-state index contributed by atoms with van der Waals surface area (Å²) in [6.07, 6.45) is 1.13. The predicted molar refractivity (Wildman–Crippen MR) is 70.1 cm³/mol. The summed E-state index contributed by atoms with van der Waals surface area (Å²) in [6.45, 7) is 0. The van der Waals surface area contributed by atoms with Crippen LogP contribution in [0.3, 0.4) is 0 Å². The maximum Gasteiger partial charge on any atom is 0.287 e. The molecule has 0 atom stereocenters. The molecule has 5 nitrogen and oxygen atoms in total. The number of nitro groups is 1. The van der Waals surface area contributed by atoms with Crippen LogP contribution in [0.2, 0.25) is 5.02 Å². The monoisotopic (exact) mass is 328 g/mol. The smallest absolute Gasteiger partial charge is 0.287 e. The molecule has 0 radical (unpaired) electrons. The standard InChI is InChI=1S/C11H6BrClN2O3/c12-7-1-3-9(13)10(5-7)18-11-4-2-8(6-14-11)15(16)17/h1-6H. The molecule has 0 saturated heterocycles. The molecule has 2 rings (SSSR count). The van der Waals surface area contributed by atoms with Gasteiger partial charge in [0.05, 0.1) is 9.95 Å². The van der Waals surface area contributed by atoms with Crippen LogP contribution in [0.1, 0.15) is 0 Å². The van der Waals surface area contributed by atoms with Crippen LogP contribution in [0.4, 0.5) is 5.69 Å². The van der Waals surface area contributed by atoms with E-state index in [9.17, 15) is 10.1 Å². The van der Waals surface area contributed by atoms with Gasteiger partial charge in [-0.05, 0) is 18.2 Å². The Kier molecular flexibility index (Phi) is 3.78. The molecule has 92 valence electrons. The van der Waals surface area contributed by atoms with Crippen LogP contribution in [0.15, 0.2) is 41.0 Å². The van der Waals surface area contributed by atoms with E-state index in [1.165, 1.54) is 12.1 Å². The first-order valence-electron chi connectivity index (χ1n) is 4.79. The molecule has 0 N–H and O–H groups in total. The Morgan fingerprint density at radius 3 is 2.72 bits per heavy atom. The molecular weight excluding hydrogens is 323 g/mol. The molecule has 0 aliphatic heterocycles. The average Bonchev–Trinajstić information content (AvgIpc) is 2.34. The van der Waals surface area contributed by atoms with Crippen molar-refractivity contribution in [3.63, 3.8) is 0 Å². The third-order valence-electron chi connectivity index (χ3n) is 2.04. The van der Waals surface area contributed by atoms with E-state index in [1.54, 1.807) is 18.2 Å². The highest BCUT2D eigenvalue weighted by atomic mass is 79.9. The van der Waals surface area contributed by atoms with Crippen molar-refractivity contribution in [2.45, 2.75) is 0 Å². The maximum atomic E-state index is 10.5. The fraction of sp³-hybridized carbons (Fsp3) is 0. The molecule has 7 heteroatoms. The van der Waals surface area contributed by atoms with E-state index in [-0.39, 0.29) is 11.6 Å². The van der Waals surface area contributed by atoms with Gasteiger partial charge in [0, 0.05) is 16.6 Å². The molecule has 0 unspecified atom stereocenters. The molecule has 0 bridgehead atoms. The van der Waals surface area contributed by atoms with Crippen LogP contribution >= 0.6 is 27.5 Å². The molecule has 1 aromatic carbocycles. The lowest BCUT2D eigenvalue weighted by molar-refractivity contribution is -0.385. The van der Waals surface area contributed by atoms with Crippen LogP contribution in [0.5, 0.6) is 11.6 Å². The van der Waals surface area contributed by atoms with Gasteiger partial charge in [0.2, 0.25) is 5.88 Å². The largest absolute Gasteiger partial charge is 0.437 e. The molecule has 1 aromatic heterocycles. The second-order valence-corrected chi connectivity index (χ2v) is 4.61. The van der Waals surface area contributed by atoms with E-state index in [0.29, 0.717) is 10.8 Å². The third-order valence-corrected chi connectivity index (χ3v) is 2.84. The Labute approximate surface area is 116 Å². The first-order valence-corrected chi connectivity index (χ1v) is 5.97. The van der Waals surface area contributed by atoms with Crippen molar-refractivity contribution in [1.29, 1.82) is 0 Å².